The van der Waals surface area contributed by atoms with Crippen LogP contribution in [0.3, 0.4) is 0 Å². The molecule has 25 heavy (non-hydrogen) atoms. The Morgan fingerprint density at radius 1 is 1.00 bits per heavy atom. The lowest BCUT2D eigenvalue weighted by Gasteiger charge is -2.23. The summed E-state index contributed by atoms with van der Waals surface area (Å²) < 4.78 is 5.61. The Bertz CT molecular complexity index is 814. The van der Waals surface area contributed by atoms with E-state index in [1.165, 1.54) is 0 Å². The summed E-state index contributed by atoms with van der Waals surface area (Å²) in [4.78, 5) is 15.9. The molecule has 1 aromatic heterocycles. The summed E-state index contributed by atoms with van der Waals surface area (Å²) in [5, 5.41) is -0.287. The van der Waals surface area contributed by atoms with Crippen LogP contribution in [0, 0.1) is 6.92 Å². The molecule has 0 aliphatic carbocycles. The summed E-state index contributed by atoms with van der Waals surface area (Å²) in [6, 6.07) is 23.8. The summed E-state index contributed by atoms with van der Waals surface area (Å²) in [6.07, 6.45) is 0. The van der Waals surface area contributed by atoms with Gasteiger partial charge in [0.15, 0.2) is 0 Å². The molecular formula is C21H21NO2S. The number of carbonyl (C=O) groups is 1. The molecule has 0 saturated heterocycles. The first-order chi connectivity index (χ1) is 12.1. The molecule has 1 amide bonds. The Hall–Kier alpha value is -2.46. The first-order valence-electron chi connectivity index (χ1n) is 8.20. The normalized spacial score (nSPS) is 11.9. The molecule has 1 heterocycles. The van der Waals surface area contributed by atoms with Gasteiger partial charge in [0.1, 0.15) is 16.8 Å². The van der Waals surface area contributed by atoms with Gasteiger partial charge in [-0.25, -0.2) is 0 Å². The highest BCUT2D eigenvalue weighted by Crippen LogP contribution is 2.36. The van der Waals surface area contributed by atoms with E-state index in [2.05, 4.69) is 0 Å². The van der Waals surface area contributed by atoms with Crippen molar-refractivity contribution in [3.05, 3.63) is 89.9 Å². The van der Waals surface area contributed by atoms with Gasteiger partial charge in [0.05, 0.1) is 6.54 Å². The van der Waals surface area contributed by atoms with E-state index in [1.54, 1.807) is 16.7 Å². The van der Waals surface area contributed by atoms with Gasteiger partial charge in [-0.05, 0) is 36.8 Å². The van der Waals surface area contributed by atoms with Crippen LogP contribution in [-0.2, 0) is 11.3 Å². The molecule has 0 unspecified atom stereocenters. The Morgan fingerprint density at radius 2 is 1.64 bits per heavy atom. The molecule has 0 N–H and O–H groups in total. The fraction of sp³-hybridized carbons (Fsp3) is 0.190. The zero-order chi connectivity index (χ0) is 17.6. The van der Waals surface area contributed by atoms with Crippen molar-refractivity contribution in [3.63, 3.8) is 0 Å². The summed E-state index contributed by atoms with van der Waals surface area (Å²) in [7, 11) is 1.82. The number of aryl methyl sites for hydroxylation is 1. The third-order valence-electron chi connectivity index (χ3n) is 3.89. The van der Waals surface area contributed by atoms with Gasteiger partial charge in [-0.3, -0.25) is 4.79 Å². The topological polar surface area (TPSA) is 33.5 Å². The van der Waals surface area contributed by atoms with E-state index in [4.69, 9.17) is 4.42 Å². The van der Waals surface area contributed by atoms with Crippen LogP contribution in [0.1, 0.15) is 22.3 Å². The largest absolute Gasteiger partial charge is 0.464 e. The zero-order valence-corrected chi connectivity index (χ0v) is 15.2. The lowest BCUT2D eigenvalue weighted by Crippen LogP contribution is -2.30. The second-order valence-corrected chi connectivity index (χ2v) is 7.11. The summed E-state index contributed by atoms with van der Waals surface area (Å²) in [6.45, 7) is 2.37. The van der Waals surface area contributed by atoms with E-state index in [1.807, 2.05) is 86.8 Å². The molecule has 3 aromatic rings. The van der Waals surface area contributed by atoms with Crippen molar-refractivity contribution in [3.8, 4) is 0 Å². The quantitative estimate of drug-likeness (QED) is 0.581. The standard InChI is InChI=1S/C21H21NO2S/c1-16-13-14-18(24-16)15-22(2)21(23)20(17-9-5-3-6-10-17)25-19-11-7-4-8-12-19/h3-14,20H,15H2,1-2H3/t20-/m1/s1. The number of rotatable bonds is 6. The summed E-state index contributed by atoms with van der Waals surface area (Å²) in [5.41, 5.74) is 1.00. The monoisotopic (exact) mass is 351 g/mol. The van der Waals surface area contributed by atoms with Crippen LogP contribution in [-0.4, -0.2) is 17.9 Å². The average Bonchev–Trinajstić information content (AvgIpc) is 3.05. The van der Waals surface area contributed by atoms with Gasteiger partial charge < -0.3 is 9.32 Å². The average molecular weight is 351 g/mol. The highest BCUT2D eigenvalue weighted by Gasteiger charge is 2.25. The third-order valence-corrected chi connectivity index (χ3v) is 5.14. The van der Waals surface area contributed by atoms with Crippen molar-refractivity contribution in [1.82, 2.24) is 4.90 Å². The molecule has 3 nitrogen and oxygen atoms in total. The molecule has 0 fully saturated rings. The Morgan fingerprint density at radius 3 is 2.24 bits per heavy atom. The van der Waals surface area contributed by atoms with Crippen LogP contribution in [0.25, 0.3) is 0 Å². The van der Waals surface area contributed by atoms with Crippen LogP contribution in [0.4, 0.5) is 0 Å². The maximum atomic E-state index is 13.1. The second-order valence-electron chi connectivity index (χ2n) is 5.93. The fourth-order valence-electron chi connectivity index (χ4n) is 2.61. The van der Waals surface area contributed by atoms with Crippen molar-refractivity contribution in [1.29, 1.82) is 0 Å². The maximum Gasteiger partial charge on any atom is 0.240 e. The molecule has 0 aliphatic heterocycles. The summed E-state index contributed by atoms with van der Waals surface area (Å²) >= 11 is 1.57. The van der Waals surface area contributed by atoms with Crippen molar-refractivity contribution in [2.24, 2.45) is 0 Å². The van der Waals surface area contributed by atoms with Crippen molar-refractivity contribution >= 4 is 17.7 Å². The lowest BCUT2D eigenvalue weighted by atomic mass is 10.1. The predicted octanol–water partition coefficient (Wildman–Crippen LogP) is 5.08. The number of furan rings is 1. The van der Waals surface area contributed by atoms with Crippen LogP contribution in [0.2, 0.25) is 0 Å². The SMILES string of the molecule is Cc1ccc(CN(C)C(=O)[C@H](Sc2ccccc2)c2ccccc2)o1. The summed E-state index contributed by atoms with van der Waals surface area (Å²) in [5.74, 6) is 1.72. The first kappa shape index (κ1) is 17.4. The van der Waals surface area contributed by atoms with Crippen LogP contribution in [0.5, 0.6) is 0 Å². The molecule has 1 atom stereocenters. The molecule has 0 radical (unpaired) electrons. The van der Waals surface area contributed by atoms with Gasteiger partial charge in [-0.15, -0.1) is 11.8 Å². The van der Waals surface area contributed by atoms with E-state index < -0.39 is 0 Å². The number of hydrogen-bond acceptors (Lipinski definition) is 3. The van der Waals surface area contributed by atoms with E-state index in [-0.39, 0.29) is 11.2 Å². The Balaban J connectivity index is 1.81. The van der Waals surface area contributed by atoms with Gasteiger partial charge in [0.2, 0.25) is 5.91 Å². The minimum atomic E-state index is -0.287. The second kappa shape index (κ2) is 8.08. The van der Waals surface area contributed by atoms with E-state index in [9.17, 15) is 4.79 Å². The molecule has 128 valence electrons. The lowest BCUT2D eigenvalue weighted by molar-refractivity contribution is -0.130. The van der Waals surface area contributed by atoms with Gasteiger partial charge in [-0.1, -0.05) is 48.5 Å². The predicted molar refractivity (Wildman–Crippen MR) is 101 cm³/mol. The van der Waals surface area contributed by atoms with Gasteiger partial charge in [0, 0.05) is 11.9 Å². The molecule has 2 aromatic carbocycles. The minimum Gasteiger partial charge on any atom is -0.464 e. The molecule has 0 bridgehead atoms. The van der Waals surface area contributed by atoms with Crippen molar-refractivity contribution < 1.29 is 9.21 Å². The Labute approximate surface area is 152 Å². The number of nitrogens with zero attached hydrogens (tertiary/aromatic N) is 1. The fourth-order valence-corrected chi connectivity index (χ4v) is 3.77. The van der Waals surface area contributed by atoms with Crippen LogP contribution < -0.4 is 0 Å². The van der Waals surface area contributed by atoms with Gasteiger partial charge in [-0.2, -0.15) is 0 Å². The van der Waals surface area contributed by atoms with Crippen molar-refractivity contribution in [2.75, 3.05) is 7.05 Å². The number of carbonyl (C=O) groups excluding carboxylic acids is 1. The number of thioether (sulfide) groups is 1. The molecule has 0 aliphatic rings. The Kier molecular flexibility index (Phi) is 5.61. The van der Waals surface area contributed by atoms with Crippen LogP contribution >= 0.6 is 11.8 Å². The smallest absolute Gasteiger partial charge is 0.240 e. The number of likely N-dealkylation sites (N-methyl/N-ethyl adjacent to an activating group) is 1. The molecule has 4 heteroatoms. The molecular weight excluding hydrogens is 330 g/mol. The van der Waals surface area contributed by atoms with Crippen LogP contribution in [0.15, 0.2) is 82.1 Å². The van der Waals surface area contributed by atoms with Crippen molar-refractivity contribution in [2.45, 2.75) is 23.6 Å². The maximum absolute atomic E-state index is 13.1. The third kappa shape index (κ3) is 4.54. The number of benzene rings is 2. The number of amides is 1. The zero-order valence-electron chi connectivity index (χ0n) is 14.4. The first-order valence-corrected chi connectivity index (χ1v) is 9.08. The van der Waals surface area contributed by atoms with Gasteiger partial charge in [0.25, 0.3) is 0 Å². The van der Waals surface area contributed by atoms with Gasteiger partial charge >= 0.3 is 0 Å². The highest BCUT2D eigenvalue weighted by molar-refractivity contribution is 8.00. The van der Waals surface area contributed by atoms with E-state index in [0.29, 0.717) is 6.54 Å². The molecule has 0 saturated carbocycles. The number of hydrogen-bond donors (Lipinski definition) is 0. The molecule has 0 spiro atoms. The minimum absolute atomic E-state index is 0.0640. The van der Waals surface area contributed by atoms with E-state index >= 15 is 0 Å². The highest BCUT2D eigenvalue weighted by atomic mass is 32.2. The molecule has 3 rings (SSSR count). The van der Waals surface area contributed by atoms with E-state index in [0.717, 1.165) is 22.0 Å².